The molecule has 7 nitrogen and oxygen atoms in total. The van der Waals surface area contributed by atoms with Crippen LogP contribution in [-0.2, 0) is 14.3 Å². The molecule has 204 valence electrons. The number of carboxylic acid groups (broad SMARTS) is 1. The summed E-state index contributed by atoms with van der Waals surface area (Å²) in [6.45, 7) is 14.8. The van der Waals surface area contributed by atoms with E-state index in [2.05, 4.69) is 18.8 Å². The third kappa shape index (κ3) is 7.14. The summed E-state index contributed by atoms with van der Waals surface area (Å²) in [4.78, 5) is 44.4. The van der Waals surface area contributed by atoms with Gasteiger partial charge in [-0.2, -0.15) is 0 Å². The van der Waals surface area contributed by atoms with E-state index in [4.69, 9.17) is 4.74 Å². The minimum absolute atomic E-state index is 0.0466. The van der Waals surface area contributed by atoms with Gasteiger partial charge in [-0.05, 0) is 78.7 Å². The molecule has 3 rings (SSSR count). The van der Waals surface area contributed by atoms with Crippen molar-refractivity contribution in [3.8, 4) is 11.8 Å². The molecule has 1 saturated heterocycles. The normalized spacial score (nSPS) is 25.1. The highest BCUT2D eigenvalue weighted by atomic mass is 32.1. The first-order chi connectivity index (χ1) is 17.3. The standard InChI is InChI=1S/C29H42N2O5S/c1-8-23(27(33)30-16-20(4)36-17-19(30)3)31(26(32)21-11-9-18(2)10-12-21)24-15-22(13-14-29(5,6)7)37-25(24)28(34)35/h15,18-21,23H,8-12,16-17H2,1-7H3,(H,34,35). The number of ether oxygens (including phenoxy) is 1. The number of hydrogen-bond donors (Lipinski definition) is 1. The van der Waals surface area contributed by atoms with Crippen molar-refractivity contribution in [2.45, 2.75) is 98.8 Å². The second-order valence-electron chi connectivity index (χ2n) is 11.7. The summed E-state index contributed by atoms with van der Waals surface area (Å²) in [6, 6.07) is 0.771. The molecule has 1 aromatic heterocycles. The van der Waals surface area contributed by atoms with Crippen molar-refractivity contribution in [3.63, 3.8) is 0 Å². The first-order valence-electron chi connectivity index (χ1n) is 13.5. The molecule has 0 bridgehead atoms. The first-order valence-corrected chi connectivity index (χ1v) is 14.3. The fraction of sp³-hybridized carbons (Fsp3) is 0.690. The van der Waals surface area contributed by atoms with Gasteiger partial charge in [0.15, 0.2) is 0 Å². The van der Waals surface area contributed by atoms with Crippen LogP contribution in [0.4, 0.5) is 5.69 Å². The van der Waals surface area contributed by atoms with Crippen LogP contribution in [0.5, 0.6) is 0 Å². The number of hydrogen-bond acceptors (Lipinski definition) is 5. The number of carbonyl (C=O) groups is 3. The Kier molecular flexibility index (Phi) is 9.47. The van der Waals surface area contributed by atoms with E-state index in [1.165, 1.54) is 4.90 Å². The number of carboxylic acids is 1. The van der Waals surface area contributed by atoms with E-state index in [9.17, 15) is 19.5 Å². The largest absolute Gasteiger partial charge is 0.477 e. The Morgan fingerprint density at radius 1 is 1.19 bits per heavy atom. The van der Waals surface area contributed by atoms with Gasteiger partial charge in [0, 0.05) is 17.9 Å². The van der Waals surface area contributed by atoms with E-state index in [1.54, 1.807) is 11.0 Å². The average molecular weight is 531 g/mol. The van der Waals surface area contributed by atoms with Crippen molar-refractivity contribution in [2.75, 3.05) is 18.1 Å². The summed E-state index contributed by atoms with van der Waals surface area (Å²) in [5, 5.41) is 10.1. The second kappa shape index (κ2) is 12.0. The number of thiophene rings is 1. The number of morpholine rings is 1. The van der Waals surface area contributed by atoms with Gasteiger partial charge in [-0.25, -0.2) is 4.79 Å². The lowest BCUT2D eigenvalue weighted by Gasteiger charge is -2.42. The number of amides is 2. The number of carbonyl (C=O) groups excluding carboxylic acids is 2. The zero-order chi connectivity index (χ0) is 27.5. The topological polar surface area (TPSA) is 87.2 Å². The zero-order valence-electron chi connectivity index (χ0n) is 23.3. The van der Waals surface area contributed by atoms with E-state index >= 15 is 0 Å². The van der Waals surface area contributed by atoms with E-state index in [-0.39, 0.29) is 45.9 Å². The van der Waals surface area contributed by atoms with Crippen LogP contribution in [0.2, 0.25) is 0 Å². The Hall–Kier alpha value is -2.37. The highest BCUT2D eigenvalue weighted by Crippen LogP contribution is 2.37. The minimum Gasteiger partial charge on any atom is -0.477 e. The SMILES string of the molecule is CCC(C(=O)N1CC(C)OCC1C)N(C(=O)C1CCC(C)CC1)c1cc(C#CC(C)(C)C)sc1C(=O)O. The number of nitrogens with zero attached hydrogens (tertiary/aromatic N) is 2. The number of aromatic carboxylic acids is 1. The quantitative estimate of drug-likeness (QED) is 0.497. The van der Waals surface area contributed by atoms with Gasteiger partial charge in [0.2, 0.25) is 11.8 Å². The van der Waals surface area contributed by atoms with Gasteiger partial charge in [-0.15, -0.1) is 11.3 Å². The summed E-state index contributed by atoms with van der Waals surface area (Å²) in [7, 11) is 0. The summed E-state index contributed by atoms with van der Waals surface area (Å²) in [5.41, 5.74) is 0.0286. The van der Waals surface area contributed by atoms with E-state index in [0.717, 1.165) is 37.0 Å². The van der Waals surface area contributed by atoms with Gasteiger partial charge >= 0.3 is 5.97 Å². The second-order valence-corrected chi connectivity index (χ2v) is 12.8. The Labute approximate surface area is 225 Å². The van der Waals surface area contributed by atoms with Gasteiger partial charge in [0.25, 0.3) is 0 Å². The molecule has 0 radical (unpaired) electrons. The monoisotopic (exact) mass is 530 g/mol. The molecule has 1 aliphatic heterocycles. The summed E-state index contributed by atoms with van der Waals surface area (Å²) in [6.07, 6.45) is 3.67. The number of rotatable bonds is 6. The molecule has 2 fully saturated rings. The molecule has 1 saturated carbocycles. The third-order valence-electron chi connectivity index (χ3n) is 7.20. The van der Waals surface area contributed by atoms with Crippen molar-refractivity contribution in [3.05, 3.63) is 15.8 Å². The molecular weight excluding hydrogens is 488 g/mol. The maximum atomic E-state index is 14.1. The van der Waals surface area contributed by atoms with Crippen LogP contribution in [0, 0.1) is 29.1 Å². The van der Waals surface area contributed by atoms with Crippen molar-refractivity contribution in [1.82, 2.24) is 4.90 Å². The van der Waals surface area contributed by atoms with Crippen LogP contribution in [0.1, 0.15) is 95.1 Å². The molecule has 37 heavy (non-hydrogen) atoms. The number of anilines is 1. The van der Waals surface area contributed by atoms with E-state index < -0.39 is 12.0 Å². The molecule has 0 aromatic carbocycles. The van der Waals surface area contributed by atoms with Gasteiger partial charge in [-0.3, -0.25) is 14.5 Å². The lowest BCUT2D eigenvalue weighted by Crippen LogP contribution is -2.58. The average Bonchev–Trinajstić information content (AvgIpc) is 3.26. The predicted octanol–water partition coefficient (Wildman–Crippen LogP) is 5.42. The summed E-state index contributed by atoms with van der Waals surface area (Å²) >= 11 is 1.07. The van der Waals surface area contributed by atoms with Crippen LogP contribution in [-0.4, -0.2) is 59.1 Å². The molecule has 2 heterocycles. The van der Waals surface area contributed by atoms with Crippen molar-refractivity contribution < 1.29 is 24.2 Å². The Balaban J connectivity index is 2.09. The Morgan fingerprint density at radius 3 is 2.41 bits per heavy atom. The Bertz CT molecular complexity index is 1050. The predicted molar refractivity (Wildman–Crippen MR) is 147 cm³/mol. The fourth-order valence-corrected chi connectivity index (χ4v) is 5.88. The maximum absolute atomic E-state index is 14.1. The third-order valence-corrected chi connectivity index (χ3v) is 8.23. The fourth-order valence-electron chi connectivity index (χ4n) is 5.04. The highest BCUT2D eigenvalue weighted by molar-refractivity contribution is 7.15. The molecule has 1 aliphatic carbocycles. The van der Waals surface area contributed by atoms with E-state index in [1.807, 2.05) is 41.5 Å². The summed E-state index contributed by atoms with van der Waals surface area (Å²) < 4.78 is 5.72. The van der Waals surface area contributed by atoms with E-state index in [0.29, 0.717) is 30.4 Å². The first kappa shape index (κ1) is 29.2. The van der Waals surface area contributed by atoms with Gasteiger partial charge < -0.3 is 14.7 Å². The lowest BCUT2D eigenvalue weighted by molar-refractivity contribution is -0.146. The highest BCUT2D eigenvalue weighted by Gasteiger charge is 2.41. The lowest BCUT2D eigenvalue weighted by atomic mass is 9.82. The maximum Gasteiger partial charge on any atom is 0.348 e. The zero-order valence-corrected chi connectivity index (χ0v) is 24.1. The van der Waals surface area contributed by atoms with Crippen molar-refractivity contribution in [2.24, 2.45) is 17.3 Å². The van der Waals surface area contributed by atoms with Crippen LogP contribution >= 0.6 is 11.3 Å². The molecule has 2 aliphatic rings. The van der Waals surface area contributed by atoms with Crippen LogP contribution in [0.25, 0.3) is 0 Å². The van der Waals surface area contributed by atoms with Crippen molar-refractivity contribution >= 4 is 34.8 Å². The Morgan fingerprint density at radius 2 is 1.84 bits per heavy atom. The molecule has 0 spiro atoms. The molecule has 1 N–H and O–H groups in total. The summed E-state index contributed by atoms with van der Waals surface area (Å²) in [5.74, 6) is 5.15. The van der Waals surface area contributed by atoms with Crippen LogP contribution in [0.15, 0.2) is 6.07 Å². The van der Waals surface area contributed by atoms with Crippen molar-refractivity contribution in [1.29, 1.82) is 0 Å². The van der Waals surface area contributed by atoms with Crippen LogP contribution in [0.3, 0.4) is 0 Å². The molecule has 3 atom stereocenters. The molecule has 8 heteroatoms. The van der Waals surface area contributed by atoms with Gasteiger partial charge in [0.1, 0.15) is 10.9 Å². The smallest absolute Gasteiger partial charge is 0.348 e. The van der Waals surface area contributed by atoms with Crippen LogP contribution < -0.4 is 4.90 Å². The van der Waals surface area contributed by atoms with Gasteiger partial charge in [0.05, 0.1) is 29.3 Å². The minimum atomic E-state index is -1.12. The van der Waals surface area contributed by atoms with Gasteiger partial charge in [-0.1, -0.05) is 25.7 Å². The molecule has 3 unspecified atom stereocenters. The molecular formula is C29H42N2O5S. The molecule has 1 aromatic rings. The molecule has 2 amide bonds.